The molecule has 0 nitrogen and oxygen atoms in total. The standard InChI is InChI=1S/C10H13Cl3Si/c1-14(12,13)8-10(7-11)9-5-3-2-4-6-9/h2-6,10H,7-8H2,1H3/t10-/m0/s1. The molecule has 0 amide bonds. The van der Waals surface area contributed by atoms with Crippen molar-refractivity contribution in [3.8, 4) is 0 Å². The van der Waals surface area contributed by atoms with E-state index in [4.69, 9.17) is 33.8 Å². The molecule has 4 heteroatoms. The lowest BCUT2D eigenvalue weighted by atomic mass is 10.0. The van der Waals surface area contributed by atoms with E-state index in [2.05, 4.69) is 12.1 Å². The molecule has 0 aromatic heterocycles. The van der Waals surface area contributed by atoms with Gasteiger partial charge in [0.05, 0.1) is 0 Å². The Hall–Kier alpha value is 0.307. The van der Waals surface area contributed by atoms with E-state index in [1.165, 1.54) is 5.56 Å². The van der Waals surface area contributed by atoms with E-state index in [-0.39, 0.29) is 5.92 Å². The average molecular weight is 268 g/mol. The van der Waals surface area contributed by atoms with E-state index in [0.717, 1.165) is 6.04 Å². The maximum absolute atomic E-state index is 6.10. The van der Waals surface area contributed by atoms with Crippen LogP contribution in [0, 0.1) is 0 Å². The van der Waals surface area contributed by atoms with Crippen molar-refractivity contribution in [2.24, 2.45) is 0 Å². The quantitative estimate of drug-likeness (QED) is 0.426. The van der Waals surface area contributed by atoms with Gasteiger partial charge in [0.25, 0.3) is 0 Å². The summed E-state index contributed by atoms with van der Waals surface area (Å²) in [6, 6.07) is 11.0. The molecular weight excluding hydrogens is 255 g/mol. The fourth-order valence-corrected chi connectivity index (χ4v) is 4.25. The minimum atomic E-state index is -2.06. The number of halogens is 3. The van der Waals surface area contributed by atoms with Gasteiger partial charge in [0.15, 0.2) is 0 Å². The van der Waals surface area contributed by atoms with Crippen molar-refractivity contribution < 1.29 is 0 Å². The highest BCUT2D eigenvalue weighted by atomic mass is 35.7. The van der Waals surface area contributed by atoms with Gasteiger partial charge in [-0.1, -0.05) is 30.3 Å². The van der Waals surface area contributed by atoms with Crippen molar-refractivity contribution in [2.75, 3.05) is 5.88 Å². The summed E-state index contributed by atoms with van der Waals surface area (Å²) in [5.41, 5.74) is 1.22. The highest BCUT2D eigenvalue weighted by Crippen LogP contribution is 2.31. The first kappa shape index (κ1) is 12.4. The minimum Gasteiger partial charge on any atom is -0.146 e. The summed E-state index contributed by atoms with van der Waals surface area (Å²) in [6.45, 7) is -0.135. The van der Waals surface area contributed by atoms with Crippen LogP contribution in [0.3, 0.4) is 0 Å². The second-order valence-electron chi connectivity index (χ2n) is 3.54. The van der Waals surface area contributed by atoms with E-state index >= 15 is 0 Å². The zero-order chi connectivity index (χ0) is 10.6. The van der Waals surface area contributed by atoms with E-state index in [0.29, 0.717) is 5.88 Å². The van der Waals surface area contributed by atoms with Gasteiger partial charge in [0.2, 0.25) is 6.69 Å². The summed E-state index contributed by atoms with van der Waals surface area (Å²) in [7, 11) is 0. The molecule has 1 atom stereocenters. The number of benzene rings is 1. The first-order valence-electron chi connectivity index (χ1n) is 4.51. The van der Waals surface area contributed by atoms with Crippen molar-refractivity contribution in [3.63, 3.8) is 0 Å². The van der Waals surface area contributed by atoms with E-state index < -0.39 is 6.69 Å². The van der Waals surface area contributed by atoms with Crippen molar-refractivity contribution in [1.29, 1.82) is 0 Å². The van der Waals surface area contributed by atoms with Crippen LogP contribution in [0.2, 0.25) is 12.6 Å². The molecule has 0 unspecified atom stereocenters. The summed E-state index contributed by atoms with van der Waals surface area (Å²) in [5.74, 6) is 0.857. The van der Waals surface area contributed by atoms with Crippen LogP contribution in [-0.2, 0) is 0 Å². The molecule has 1 aromatic rings. The van der Waals surface area contributed by atoms with Gasteiger partial charge in [-0.15, -0.1) is 33.8 Å². The summed E-state index contributed by atoms with van der Waals surface area (Å²) in [4.78, 5) is 0. The molecule has 0 radical (unpaired) electrons. The SMILES string of the molecule is C[Si](Cl)(Cl)C[C@H](CCl)c1ccccc1. The number of alkyl halides is 1. The second kappa shape index (κ2) is 5.41. The number of hydrogen-bond donors (Lipinski definition) is 0. The maximum Gasteiger partial charge on any atom is 0.249 e. The van der Waals surface area contributed by atoms with Gasteiger partial charge in [-0.2, -0.15) is 0 Å². The van der Waals surface area contributed by atoms with Crippen LogP contribution in [0.15, 0.2) is 30.3 Å². The Balaban J connectivity index is 2.73. The monoisotopic (exact) mass is 266 g/mol. The molecule has 0 spiro atoms. The molecule has 0 N–H and O–H groups in total. The zero-order valence-corrected chi connectivity index (χ0v) is 11.3. The Labute approximate surface area is 101 Å². The molecule has 0 aliphatic heterocycles. The molecule has 0 bridgehead atoms. The van der Waals surface area contributed by atoms with E-state index in [1.807, 2.05) is 24.7 Å². The van der Waals surface area contributed by atoms with Crippen LogP contribution in [0.1, 0.15) is 11.5 Å². The lowest BCUT2D eigenvalue weighted by Crippen LogP contribution is -2.18. The molecule has 1 rings (SSSR count). The number of rotatable bonds is 4. The lowest BCUT2D eigenvalue weighted by Gasteiger charge is -2.19. The molecule has 14 heavy (non-hydrogen) atoms. The van der Waals surface area contributed by atoms with Crippen molar-refractivity contribution >= 4 is 40.5 Å². The van der Waals surface area contributed by atoms with Crippen LogP contribution in [0.25, 0.3) is 0 Å². The summed E-state index contributed by atoms with van der Waals surface area (Å²) >= 11 is 18.1. The summed E-state index contributed by atoms with van der Waals surface area (Å²) in [5, 5.41) is 0. The van der Waals surface area contributed by atoms with Crippen LogP contribution >= 0.6 is 33.8 Å². The predicted molar refractivity (Wildman–Crippen MR) is 68.0 cm³/mol. The van der Waals surface area contributed by atoms with Crippen LogP contribution < -0.4 is 0 Å². The fourth-order valence-electron chi connectivity index (χ4n) is 1.42. The molecule has 0 fully saturated rings. The van der Waals surface area contributed by atoms with Gasteiger partial charge in [-0.25, -0.2) is 0 Å². The number of hydrogen-bond acceptors (Lipinski definition) is 0. The summed E-state index contributed by atoms with van der Waals surface area (Å²) in [6.07, 6.45) is 0. The zero-order valence-electron chi connectivity index (χ0n) is 8.01. The predicted octanol–water partition coefficient (Wildman–Crippen LogP) is 4.56. The average Bonchev–Trinajstić information content (AvgIpc) is 2.14. The van der Waals surface area contributed by atoms with E-state index in [9.17, 15) is 0 Å². The largest absolute Gasteiger partial charge is 0.249 e. The maximum atomic E-state index is 6.10. The molecular formula is C10H13Cl3Si. The molecule has 78 valence electrons. The van der Waals surface area contributed by atoms with Crippen LogP contribution in [0.5, 0.6) is 0 Å². The van der Waals surface area contributed by atoms with Crippen molar-refractivity contribution in [1.82, 2.24) is 0 Å². The minimum absolute atomic E-state index is 0.282. The molecule has 0 saturated heterocycles. The highest BCUT2D eigenvalue weighted by molar-refractivity contribution is 7.44. The Morgan fingerprint density at radius 2 is 1.79 bits per heavy atom. The Morgan fingerprint density at radius 3 is 2.21 bits per heavy atom. The first-order valence-corrected chi connectivity index (χ1v) is 9.78. The van der Waals surface area contributed by atoms with Gasteiger partial charge < -0.3 is 0 Å². The van der Waals surface area contributed by atoms with Gasteiger partial charge in [-0.3, -0.25) is 0 Å². The molecule has 0 heterocycles. The van der Waals surface area contributed by atoms with Gasteiger partial charge >= 0.3 is 0 Å². The first-order chi connectivity index (χ1) is 6.53. The third-order valence-corrected chi connectivity index (χ3v) is 4.57. The van der Waals surface area contributed by atoms with E-state index in [1.54, 1.807) is 0 Å². The van der Waals surface area contributed by atoms with Gasteiger partial charge in [0.1, 0.15) is 0 Å². The van der Waals surface area contributed by atoms with Gasteiger partial charge in [-0.05, 0) is 24.1 Å². The summed E-state index contributed by atoms with van der Waals surface area (Å²) < 4.78 is 0. The van der Waals surface area contributed by atoms with Crippen molar-refractivity contribution in [2.45, 2.75) is 18.5 Å². The Morgan fingerprint density at radius 1 is 1.21 bits per heavy atom. The normalized spacial score (nSPS) is 14.0. The fraction of sp³-hybridized carbons (Fsp3) is 0.400. The topological polar surface area (TPSA) is 0 Å². The lowest BCUT2D eigenvalue weighted by molar-refractivity contribution is 0.864. The molecule has 0 aliphatic rings. The Kier molecular flexibility index (Phi) is 4.78. The third kappa shape index (κ3) is 4.22. The molecule has 1 aromatic carbocycles. The highest BCUT2D eigenvalue weighted by Gasteiger charge is 2.26. The smallest absolute Gasteiger partial charge is 0.146 e. The van der Waals surface area contributed by atoms with Gasteiger partial charge in [0, 0.05) is 5.88 Å². The third-order valence-electron chi connectivity index (χ3n) is 2.06. The van der Waals surface area contributed by atoms with Crippen molar-refractivity contribution in [3.05, 3.63) is 35.9 Å². The molecule has 0 saturated carbocycles. The second-order valence-corrected chi connectivity index (χ2v) is 12.0. The molecule has 0 aliphatic carbocycles. The van der Waals surface area contributed by atoms with Crippen LogP contribution in [-0.4, -0.2) is 12.6 Å². The van der Waals surface area contributed by atoms with Crippen LogP contribution in [0.4, 0.5) is 0 Å². The Bertz CT molecular complexity index is 268.